The molecule has 0 saturated heterocycles. The first kappa shape index (κ1) is 31.7. The van der Waals surface area contributed by atoms with Crippen molar-refractivity contribution in [3.8, 4) is 11.5 Å². The molecule has 43 heavy (non-hydrogen) atoms. The maximum absolute atomic E-state index is 13.8. The highest BCUT2D eigenvalue weighted by atomic mass is 32.2. The maximum Gasteiger partial charge on any atom is 0.417 e. The number of halogens is 6. The van der Waals surface area contributed by atoms with Crippen LogP contribution in [-0.2, 0) is 31.9 Å². The number of benzene rings is 3. The Morgan fingerprint density at radius 3 is 2.35 bits per heavy atom. The summed E-state index contributed by atoms with van der Waals surface area (Å²) in [5.74, 6) is -0.576. The number of hydrogen-bond donors (Lipinski definition) is 0. The molecule has 1 atom stereocenters. The predicted octanol–water partition coefficient (Wildman–Crippen LogP) is 6.81. The molecular weight excluding hydrogens is 604 g/mol. The molecule has 3 aromatic carbocycles. The summed E-state index contributed by atoms with van der Waals surface area (Å²) in [7, 11) is -2.21. The third kappa shape index (κ3) is 7.07. The molecule has 14 heteroatoms. The van der Waals surface area contributed by atoms with Crippen molar-refractivity contribution in [1.29, 1.82) is 0 Å². The highest BCUT2D eigenvalue weighted by Crippen LogP contribution is 2.41. The van der Waals surface area contributed by atoms with Crippen molar-refractivity contribution in [2.45, 2.75) is 36.2 Å². The summed E-state index contributed by atoms with van der Waals surface area (Å²) in [6, 6.07) is 10.9. The number of carbonyl (C=O) groups is 1. The zero-order valence-corrected chi connectivity index (χ0v) is 23.5. The van der Waals surface area contributed by atoms with E-state index >= 15 is 0 Å². The highest BCUT2D eigenvalue weighted by molar-refractivity contribution is 7.92. The molecule has 0 N–H and O–H groups in total. The third-order valence-electron chi connectivity index (χ3n) is 6.60. The number of fused-ring (bicyclic) bond motifs is 1. The second-order valence-electron chi connectivity index (χ2n) is 9.40. The second kappa shape index (κ2) is 12.2. The Morgan fingerprint density at radius 2 is 1.70 bits per heavy atom. The Hall–Kier alpha value is -4.20. The summed E-state index contributed by atoms with van der Waals surface area (Å²) in [5, 5.41) is 0. The van der Waals surface area contributed by atoms with Crippen LogP contribution in [0.1, 0.15) is 35.1 Å². The van der Waals surface area contributed by atoms with E-state index in [1.54, 1.807) is 0 Å². The first-order valence-electron chi connectivity index (χ1n) is 12.6. The van der Waals surface area contributed by atoms with Gasteiger partial charge in [0.15, 0.2) is 0 Å². The van der Waals surface area contributed by atoms with Crippen LogP contribution in [-0.4, -0.2) is 41.3 Å². The summed E-state index contributed by atoms with van der Waals surface area (Å²) in [5.41, 5.74) is -2.17. The van der Waals surface area contributed by atoms with E-state index in [1.165, 1.54) is 50.6 Å². The quantitative estimate of drug-likeness (QED) is 0.155. The molecule has 0 radical (unpaired) electrons. The van der Waals surface area contributed by atoms with Gasteiger partial charge < -0.3 is 14.2 Å². The minimum absolute atomic E-state index is 0.0381. The van der Waals surface area contributed by atoms with E-state index < -0.39 is 50.5 Å². The summed E-state index contributed by atoms with van der Waals surface area (Å²) in [6.07, 6.45) is -7.96. The van der Waals surface area contributed by atoms with Gasteiger partial charge in [-0.05, 0) is 54.4 Å². The van der Waals surface area contributed by atoms with E-state index in [0.717, 1.165) is 34.6 Å². The van der Waals surface area contributed by atoms with Crippen LogP contribution in [0.15, 0.2) is 65.6 Å². The molecule has 0 aromatic heterocycles. The molecule has 0 unspecified atom stereocenters. The lowest BCUT2D eigenvalue weighted by molar-refractivity contribution is -0.141. The average Bonchev–Trinajstić information content (AvgIpc) is 2.97. The van der Waals surface area contributed by atoms with E-state index in [9.17, 15) is 39.6 Å². The molecule has 0 spiro atoms. The Balaban J connectivity index is 1.78. The number of ether oxygens (including phenoxy) is 3. The first-order chi connectivity index (χ1) is 20.1. The SMILES string of the molecule is COC(=O)CC[C@H]1CN(S(=O)(=O)c2cccc(C(F)(F)F)c2)c2cc(/C=C/c3c(OC)cccc3C(F)(F)F)ccc2O1. The van der Waals surface area contributed by atoms with Crippen LogP contribution < -0.4 is 13.8 Å². The van der Waals surface area contributed by atoms with Gasteiger partial charge in [0.2, 0.25) is 0 Å². The molecule has 4 rings (SSSR count). The predicted molar refractivity (Wildman–Crippen MR) is 145 cm³/mol. The fraction of sp³-hybridized carbons (Fsp3) is 0.276. The van der Waals surface area contributed by atoms with Gasteiger partial charge in [-0.25, -0.2) is 8.42 Å². The summed E-state index contributed by atoms with van der Waals surface area (Å²) < 4.78 is 125. The lowest BCUT2D eigenvalue weighted by Crippen LogP contribution is -2.43. The van der Waals surface area contributed by atoms with Crippen LogP contribution in [0.4, 0.5) is 32.0 Å². The van der Waals surface area contributed by atoms with Gasteiger partial charge in [0.1, 0.15) is 17.6 Å². The van der Waals surface area contributed by atoms with E-state index in [4.69, 9.17) is 9.47 Å². The Bertz CT molecular complexity index is 1640. The maximum atomic E-state index is 13.8. The van der Waals surface area contributed by atoms with Gasteiger partial charge in [0, 0.05) is 12.0 Å². The molecule has 0 fully saturated rings. The number of carbonyl (C=O) groups excluding carboxylic acids is 1. The topological polar surface area (TPSA) is 82.1 Å². The standard InChI is InChI=1S/C29H25F6NO6S/c1-40-25-8-4-7-23(29(33,34)35)22(25)12-9-18-10-13-26-24(15-18)36(17-20(42-26)11-14-27(37)41-2)43(38,39)21-6-3-5-19(16-21)28(30,31)32/h3-10,12-13,15-16,20H,11,14,17H2,1-2H3/b12-9+/t20-/m0/s1. The summed E-state index contributed by atoms with van der Waals surface area (Å²) in [4.78, 5) is 11.1. The number of hydrogen-bond acceptors (Lipinski definition) is 6. The van der Waals surface area contributed by atoms with Gasteiger partial charge in [-0.1, -0.05) is 30.4 Å². The van der Waals surface area contributed by atoms with E-state index in [2.05, 4.69) is 4.74 Å². The third-order valence-corrected chi connectivity index (χ3v) is 8.37. The smallest absolute Gasteiger partial charge is 0.417 e. The second-order valence-corrected chi connectivity index (χ2v) is 11.3. The monoisotopic (exact) mass is 629 g/mol. The van der Waals surface area contributed by atoms with E-state index in [0.29, 0.717) is 6.07 Å². The van der Waals surface area contributed by atoms with Crippen molar-refractivity contribution in [2.75, 3.05) is 25.1 Å². The van der Waals surface area contributed by atoms with Crippen molar-refractivity contribution < 1.29 is 53.8 Å². The van der Waals surface area contributed by atoms with Crippen molar-refractivity contribution in [3.63, 3.8) is 0 Å². The summed E-state index contributed by atoms with van der Waals surface area (Å²) >= 11 is 0. The van der Waals surface area contributed by atoms with Crippen LogP contribution in [0, 0.1) is 0 Å². The average molecular weight is 630 g/mol. The van der Waals surface area contributed by atoms with Crippen molar-refractivity contribution >= 4 is 33.8 Å². The molecule has 0 amide bonds. The van der Waals surface area contributed by atoms with Crippen LogP contribution >= 0.6 is 0 Å². The number of sulfonamides is 1. The Kier molecular flexibility index (Phi) is 9.00. The lowest BCUT2D eigenvalue weighted by Gasteiger charge is -2.35. The zero-order chi connectivity index (χ0) is 31.6. The minimum Gasteiger partial charge on any atom is -0.496 e. The van der Waals surface area contributed by atoms with Crippen LogP contribution in [0.3, 0.4) is 0 Å². The zero-order valence-electron chi connectivity index (χ0n) is 22.7. The van der Waals surface area contributed by atoms with Gasteiger partial charge in [-0.15, -0.1) is 0 Å². The van der Waals surface area contributed by atoms with Gasteiger partial charge in [0.25, 0.3) is 10.0 Å². The van der Waals surface area contributed by atoms with E-state index in [1.807, 2.05) is 0 Å². The van der Waals surface area contributed by atoms with Crippen LogP contribution in [0.25, 0.3) is 12.2 Å². The van der Waals surface area contributed by atoms with Gasteiger partial charge >= 0.3 is 18.3 Å². The number of rotatable bonds is 8. The van der Waals surface area contributed by atoms with Crippen molar-refractivity contribution in [1.82, 2.24) is 0 Å². The molecule has 0 aliphatic carbocycles. The van der Waals surface area contributed by atoms with Gasteiger partial charge in [0.05, 0.1) is 42.5 Å². The largest absolute Gasteiger partial charge is 0.496 e. The fourth-order valence-corrected chi connectivity index (χ4v) is 6.02. The van der Waals surface area contributed by atoms with Crippen molar-refractivity contribution in [2.24, 2.45) is 0 Å². The van der Waals surface area contributed by atoms with E-state index in [-0.39, 0.29) is 47.7 Å². The Morgan fingerprint density at radius 1 is 0.977 bits per heavy atom. The molecule has 3 aromatic rings. The van der Waals surface area contributed by atoms with Gasteiger partial charge in [-0.2, -0.15) is 26.3 Å². The van der Waals surface area contributed by atoms with Gasteiger partial charge in [-0.3, -0.25) is 9.10 Å². The molecule has 7 nitrogen and oxygen atoms in total. The molecule has 1 aliphatic rings. The molecule has 0 saturated carbocycles. The molecule has 0 bridgehead atoms. The van der Waals surface area contributed by atoms with Crippen LogP contribution in [0.2, 0.25) is 0 Å². The van der Waals surface area contributed by atoms with Crippen molar-refractivity contribution in [3.05, 3.63) is 82.9 Å². The normalized spacial score (nSPS) is 15.6. The van der Waals surface area contributed by atoms with Crippen LogP contribution in [0.5, 0.6) is 11.5 Å². The number of esters is 1. The minimum atomic E-state index is -4.80. The lowest BCUT2D eigenvalue weighted by atomic mass is 10.0. The first-order valence-corrected chi connectivity index (χ1v) is 14.1. The number of nitrogens with zero attached hydrogens (tertiary/aromatic N) is 1. The number of methoxy groups -OCH3 is 2. The molecular formula is C29H25F6NO6S. The molecule has 1 aliphatic heterocycles. The number of alkyl halides is 6. The Labute approximate surface area is 243 Å². The number of anilines is 1. The highest BCUT2D eigenvalue weighted by Gasteiger charge is 2.37. The fourth-order valence-electron chi connectivity index (χ4n) is 4.47. The molecule has 1 heterocycles. The molecule has 230 valence electrons. The summed E-state index contributed by atoms with van der Waals surface area (Å²) in [6.45, 7) is -0.361.